The number of piperidine rings is 1. The van der Waals surface area contributed by atoms with E-state index in [2.05, 4.69) is 0 Å². The maximum Gasteiger partial charge on any atom is 0.250 e. The summed E-state index contributed by atoms with van der Waals surface area (Å²) >= 11 is 0. The molecule has 1 fully saturated rings. The van der Waals surface area contributed by atoms with Crippen LogP contribution in [0.3, 0.4) is 0 Å². The lowest BCUT2D eigenvalue weighted by Crippen LogP contribution is -2.36. The van der Waals surface area contributed by atoms with Crippen LogP contribution < -0.4 is 0 Å². The van der Waals surface area contributed by atoms with Crippen molar-refractivity contribution >= 4 is 12.1 Å². The van der Waals surface area contributed by atoms with Gasteiger partial charge in [-0.1, -0.05) is 6.08 Å². The van der Waals surface area contributed by atoms with Crippen molar-refractivity contribution < 1.29 is 14.0 Å². The van der Waals surface area contributed by atoms with E-state index in [-0.39, 0.29) is 17.5 Å². The summed E-state index contributed by atoms with van der Waals surface area (Å²) in [6, 6.07) is 5.67. The molecular weight excluding hydrogens is 257 g/mol. The number of nitrogens with zero attached hydrogens (tertiary/aromatic N) is 1. The Balaban J connectivity index is 1.98. The van der Waals surface area contributed by atoms with E-state index in [1.165, 1.54) is 24.3 Å². The van der Waals surface area contributed by atoms with Gasteiger partial charge in [0.2, 0.25) is 0 Å². The van der Waals surface area contributed by atoms with Gasteiger partial charge in [-0.05, 0) is 44.0 Å². The van der Waals surface area contributed by atoms with Crippen molar-refractivity contribution in [3.05, 3.63) is 47.4 Å². The number of carbonyl (C=O) groups excluding carboxylic acids is 2. The summed E-state index contributed by atoms with van der Waals surface area (Å²) in [4.78, 5) is 25.0. The molecule has 0 bridgehead atoms. The molecule has 1 aliphatic heterocycles. The molecule has 0 aliphatic carbocycles. The molecule has 105 valence electrons. The molecule has 4 heteroatoms. The van der Waals surface area contributed by atoms with Crippen molar-refractivity contribution in [1.29, 1.82) is 0 Å². The van der Waals surface area contributed by atoms with Crippen LogP contribution in [0.4, 0.5) is 4.39 Å². The first-order valence-corrected chi connectivity index (χ1v) is 6.75. The van der Waals surface area contributed by atoms with E-state index in [0.717, 1.165) is 0 Å². The topological polar surface area (TPSA) is 37.4 Å². The highest BCUT2D eigenvalue weighted by molar-refractivity contribution is 5.97. The number of rotatable bonds is 4. The molecule has 3 nitrogen and oxygen atoms in total. The van der Waals surface area contributed by atoms with Crippen LogP contribution in [0.1, 0.15) is 30.1 Å². The van der Waals surface area contributed by atoms with E-state index in [9.17, 15) is 14.0 Å². The van der Waals surface area contributed by atoms with Gasteiger partial charge in [0.1, 0.15) is 5.82 Å². The number of Topliss-reactive ketones (excluding diaryl/α,β-unsaturated/α-hetero) is 1. The monoisotopic (exact) mass is 274 g/mol. The second-order valence-electron chi connectivity index (χ2n) is 4.91. The number of carbonyl (C=O) groups is 1. The fraction of sp³-hybridized carbons (Fsp3) is 0.375. The van der Waals surface area contributed by atoms with E-state index in [4.69, 9.17) is 0 Å². The molecule has 0 spiro atoms. The van der Waals surface area contributed by atoms with Crippen LogP contribution in [0.15, 0.2) is 36.0 Å². The minimum absolute atomic E-state index is 0.0542. The van der Waals surface area contributed by atoms with E-state index < -0.39 is 0 Å². The van der Waals surface area contributed by atoms with Crippen LogP contribution in [-0.2, 0) is 4.79 Å². The summed E-state index contributed by atoms with van der Waals surface area (Å²) in [5, 5.41) is 0. The molecule has 1 saturated heterocycles. The zero-order chi connectivity index (χ0) is 14.5. The third kappa shape index (κ3) is 3.13. The Morgan fingerprint density at radius 2 is 1.90 bits per heavy atom. The molecule has 1 heterocycles. The first kappa shape index (κ1) is 14.4. The van der Waals surface area contributed by atoms with Crippen LogP contribution in [0.2, 0.25) is 0 Å². The molecule has 0 atom stereocenters. The van der Waals surface area contributed by atoms with Gasteiger partial charge in [0.25, 0.3) is 6.29 Å². The lowest BCUT2D eigenvalue weighted by atomic mass is 9.88. The van der Waals surface area contributed by atoms with Gasteiger partial charge in [0.15, 0.2) is 5.78 Å². The zero-order valence-corrected chi connectivity index (χ0v) is 11.4. The van der Waals surface area contributed by atoms with Crippen LogP contribution in [0, 0.1) is 11.7 Å². The lowest BCUT2D eigenvalue weighted by Gasteiger charge is -2.32. The summed E-state index contributed by atoms with van der Waals surface area (Å²) in [6.07, 6.45) is 5.05. The number of allylic oxidation sites excluding steroid dienone is 2. The van der Waals surface area contributed by atoms with E-state index >= 15 is 0 Å². The SMILES string of the molecule is CC=C([C]=O)N1CCC(C(=O)c2ccc(F)cc2)CC1. The maximum atomic E-state index is 12.8. The van der Waals surface area contributed by atoms with Gasteiger partial charge in [0, 0.05) is 24.6 Å². The van der Waals surface area contributed by atoms with E-state index in [1.54, 1.807) is 13.0 Å². The molecule has 1 radical (unpaired) electrons. The van der Waals surface area contributed by atoms with Crippen molar-refractivity contribution in [3.63, 3.8) is 0 Å². The van der Waals surface area contributed by atoms with Crippen LogP contribution in [-0.4, -0.2) is 30.1 Å². The molecule has 1 aromatic carbocycles. The van der Waals surface area contributed by atoms with Gasteiger partial charge in [-0.15, -0.1) is 0 Å². The summed E-state index contributed by atoms with van der Waals surface area (Å²) in [6.45, 7) is 3.15. The molecule has 0 N–H and O–H groups in total. The summed E-state index contributed by atoms with van der Waals surface area (Å²) in [5.41, 5.74) is 1.11. The van der Waals surface area contributed by atoms with Crippen molar-refractivity contribution in [3.8, 4) is 0 Å². The minimum Gasteiger partial charge on any atom is -0.368 e. The highest BCUT2D eigenvalue weighted by Gasteiger charge is 2.26. The van der Waals surface area contributed by atoms with E-state index in [1.807, 2.05) is 11.2 Å². The summed E-state index contributed by atoms with van der Waals surface area (Å²) in [5.74, 6) is -0.334. The Morgan fingerprint density at radius 3 is 2.40 bits per heavy atom. The van der Waals surface area contributed by atoms with Crippen LogP contribution in [0.5, 0.6) is 0 Å². The predicted octanol–water partition coefficient (Wildman–Crippen LogP) is 2.73. The number of likely N-dealkylation sites (tertiary alicyclic amines) is 1. The van der Waals surface area contributed by atoms with Gasteiger partial charge in [0.05, 0.1) is 5.70 Å². The van der Waals surface area contributed by atoms with Gasteiger partial charge in [-0.25, -0.2) is 4.39 Å². The average molecular weight is 274 g/mol. The third-order valence-electron chi connectivity index (χ3n) is 3.71. The molecule has 20 heavy (non-hydrogen) atoms. The highest BCUT2D eigenvalue weighted by Crippen LogP contribution is 2.23. The van der Waals surface area contributed by atoms with Crippen molar-refractivity contribution in [2.45, 2.75) is 19.8 Å². The van der Waals surface area contributed by atoms with Crippen LogP contribution in [0.25, 0.3) is 0 Å². The first-order chi connectivity index (χ1) is 9.65. The average Bonchev–Trinajstić information content (AvgIpc) is 2.49. The molecule has 1 aliphatic rings. The first-order valence-electron chi connectivity index (χ1n) is 6.75. The molecule has 0 aromatic heterocycles. The number of halogens is 1. The lowest BCUT2D eigenvalue weighted by molar-refractivity contribution is 0.0862. The number of benzene rings is 1. The smallest absolute Gasteiger partial charge is 0.250 e. The second-order valence-corrected chi connectivity index (χ2v) is 4.91. The Morgan fingerprint density at radius 1 is 1.30 bits per heavy atom. The van der Waals surface area contributed by atoms with Gasteiger partial charge >= 0.3 is 0 Å². The van der Waals surface area contributed by atoms with Gasteiger partial charge in [-0.2, -0.15) is 0 Å². The number of hydrogen-bond acceptors (Lipinski definition) is 3. The molecule has 0 amide bonds. The van der Waals surface area contributed by atoms with E-state index in [0.29, 0.717) is 37.2 Å². The standard InChI is InChI=1S/C16H17FNO2/c1-2-15(11-19)18-9-7-13(8-10-18)16(20)12-3-5-14(17)6-4-12/h2-6,13H,7-10H2,1H3. The molecule has 0 unspecified atom stereocenters. The predicted molar refractivity (Wildman–Crippen MR) is 74.5 cm³/mol. The Kier molecular flexibility index (Phi) is 4.66. The van der Waals surface area contributed by atoms with Crippen molar-refractivity contribution in [2.24, 2.45) is 5.92 Å². The maximum absolute atomic E-state index is 12.8. The van der Waals surface area contributed by atoms with Crippen molar-refractivity contribution in [1.82, 2.24) is 4.90 Å². The quantitative estimate of drug-likeness (QED) is 0.626. The fourth-order valence-electron chi connectivity index (χ4n) is 2.54. The third-order valence-corrected chi connectivity index (χ3v) is 3.71. The Hall–Kier alpha value is -1.97. The minimum atomic E-state index is -0.337. The Labute approximate surface area is 118 Å². The number of ketones is 1. The van der Waals surface area contributed by atoms with Gasteiger partial charge < -0.3 is 4.90 Å². The molecule has 2 rings (SSSR count). The highest BCUT2D eigenvalue weighted by atomic mass is 19.1. The molecule has 1 aromatic rings. The number of hydrogen-bond donors (Lipinski definition) is 0. The summed E-state index contributed by atoms with van der Waals surface area (Å²) in [7, 11) is 0. The normalized spacial score (nSPS) is 17.1. The molecular formula is C16H17FNO2. The van der Waals surface area contributed by atoms with Crippen LogP contribution >= 0.6 is 0 Å². The fourth-order valence-corrected chi connectivity index (χ4v) is 2.54. The Bertz CT molecular complexity index is 514. The second kappa shape index (κ2) is 6.46. The molecule has 0 saturated carbocycles. The zero-order valence-electron chi connectivity index (χ0n) is 11.4. The van der Waals surface area contributed by atoms with Crippen molar-refractivity contribution in [2.75, 3.05) is 13.1 Å². The van der Waals surface area contributed by atoms with Gasteiger partial charge in [-0.3, -0.25) is 9.59 Å². The largest absolute Gasteiger partial charge is 0.368 e. The summed E-state index contributed by atoms with van der Waals surface area (Å²) < 4.78 is 12.8.